The van der Waals surface area contributed by atoms with Crippen LogP contribution < -0.4 is 0 Å². The zero-order valence-electron chi connectivity index (χ0n) is 19.7. The number of hydrogen-bond donors (Lipinski definition) is 5. The minimum atomic E-state index is -1.37. The Bertz CT molecular complexity index is 1650. The molecule has 0 amide bonds. The fourth-order valence-corrected chi connectivity index (χ4v) is 4.81. The van der Waals surface area contributed by atoms with E-state index in [1.807, 2.05) is 12.1 Å². The molecule has 0 atom stereocenters. The van der Waals surface area contributed by atoms with E-state index in [1.165, 1.54) is 0 Å². The zero-order chi connectivity index (χ0) is 25.7. The number of fused-ring (bicyclic) bond motifs is 2. The van der Waals surface area contributed by atoms with Crippen molar-refractivity contribution in [2.75, 3.05) is 0 Å². The zero-order valence-corrected chi connectivity index (χ0v) is 19.7. The number of carboxylic acids is 1. The van der Waals surface area contributed by atoms with E-state index in [-0.39, 0.29) is 16.8 Å². The second-order valence-corrected chi connectivity index (χ2v) is 9.29. The second-order valence-electron chi connectivity index (χ2n) is 9.29. The number of aromatic carboxylic acids is 1. The standard InChI is InChI=1S/C28H24N2O6/c1-13(2)11-12-18-19(14-7-3-5-9-16(14)29-18)21-24(31)26(33)22(27(34)25(21)32)20-15-8-4-6-10-17(15)30-23(20)28(35)36/h3-10,13,29-31,34H,11-12H2,1-2H3,(H,35,36). The van der Waals surface area contributed by atoms with Crippen molar-refractivity contribution in [2.45, 2.75) is 26.7 Å². The summed E-state index contributed by atoms with van der Waals surface area (Å²) in [4.78, 5) is 45.1. The van der Waals surface area contributed by atoms with Gasteiger partial charge in [-0.2, -0.15) is 0 Å². The van der Waals surface area contributed by atoms with E-state index in [4.69, 9.17) is 0 Å². The Kier molecular flexibility index (Phi) is 5.51. The Morgan fingerprint density at radius 1 is 0.806 bits per heavy atom. The molecule has 4 aromatic rings. The summed E-state index contributed by atoms with van der Waals surface area (Å²) in [6, 6.07) is 13.7. The first-order chi connectivity index (χ1) is 17.2. The first-order valence-electron chi connectivity index (χ1n) is 11.6. The van der Waals surface area contributed by atoms with E-state index in [9.17, 15) is 29.7 Å². The molecule has 5 N–H and O–H groups in total. The number of hydrogen-bond acceptors (Lipinski definition) is 5. The van der Waals surface area contributed by atoms with Crippen molar-refractivity contribution in [1.82, 2.24) is 9.97 Å². The van der Waals surface area contributed by atoms with Gasteiger partial charge in [-0.25, -0.2) is 4.79 Å². The van der Waals surface area contributed by atoms with Gasteiger partial charge in [0.25, 0.3) is 0 Å². The summed E-state index contributed by atoms with van der Waals surface area (Å²) in [5, 5.41) is 32.9. The van der Waals surface area contributed by atoms with Gasteiger partial charge in [0.2, 0.25) is 11.6 Å². The van der Waals surface area contributed by atoms with Gasteiger partial charge in [-0.15, -0.1) is 0 Å². The molecule has 8 heteroatoms. The third-order valence-corrected chi connectivity index (χ3v) is 6.53. The Morgan fingerprint density at radius 3 is 1.86 bits per heavy atom. The number of Topliss-reactive ketones (excluding diaryl/α,β-unsaturated/α-hetero) is 2. The van der Waals surface area contributed by atoms with E-state index < -0.39 is 34.6 Å². The number of allylic oxidation sites excluding steroid dienone is 2. The molecule has 1 aliphatic carbocycles. The number of rotatable bonds is 6. The molecule has 0 fully saturated rings. The maximum Gasteiger partial charge on any atom is 0.352 e. The van der Waals surface area contributed by atoms with Crippen LogP contribution in [0.25, 0.3) is 33.0 Å². The summed E-state index contributed by atoms with van der Waals surface area (Å²) in [7, 11) is 0. The Morgan fingerprint density at radius 2 is 1.31 bits per heavy atom. The molecule has 0 saturated heterocycles. The number of aryl methyl sites for hydroxylation is 1. The van der Waals surface area contributed by atoms with Crippen LogP contribution in [0.1, 0.15) is 47.6 Å². The van der Waals surface area contributed by atoms with E-state index in [0.717, 1.165) is 11.9 Å². The van der Waals surface area contributed by atoms with Gasteiger partial charge in [0, 0.05) is 38.6 Å². The SMILES string of the molecule is CC(C)CCc1[nH]c2ccccc2c1C1=C(O)C(=O)C(c2c(C(=O)O)[nH]c3ccccc23)=C(O)C1=O. The number of nitrogens with one attached hydrogen (secondary N) is 2. The number of para-hydroxylation sites is 2. The molecule has 0 saturated carbocycles. The number of benzene rings is 2. The number of aromatic amines is 2. The summed E-state index contributed by atoms with van der Waals surface area (Å²) in [6.45, 7) is 4.13. The monoisotopic (exact) mass is 484 g/mol. The molecule has 0 bridgehead atoms. The van der Waals surface area contributed by atoms with Crippen molar-refractivity contribution < 1.29 is 29.7 Å². The van der Waals surface area contributed by atoms with Crippen LogP contribution in [0, 0.1) is 5.92 Å². The number of aromatic nitrogens is 2. The summed E-state index contributed by atoms with van der Waals surface area (Å²) < 4.78 is 0. The van der Waals surface area contributed by atoms with Gasteiger partial charge < -0.3 is 25.3 Å². The minimum Gasteiger partial charge on any atom is -0.504 e. The summed E-state index contributed by atoms with van der Waals surface area (Å²) in [6.07, 6.45) is 1.35. The first-order valence-corrected chi connectivity index (χ1v) is 11.6. The maximum absolute atomic E-state index is 13.6. The fourth-order valence-electron chi connectivity index (χ4n) is 4.81. The first kappa shape index (κ1) is 23.2. The number of carboxylic acid groups (broad SMARTS) is 1. The summed E-state index contributed by atoms with van der Waals surface area (Å²) >= 11 is 0. The maximum atomic E-state index is 13.6. The number of aliphatic hydroxyl groups is 2. The van der Waals surface area contributed by atoms with Gasteiger partial charge >= 0.3 is 5.97 Å². The molecule has 2 aromatic carbocycles. The lowest BCUT2D eigenvalue weighted by atomic mass is 9.84. The van der Waals surface area contributed by atoms with Crippen LogP contribution in [0.3, 0.4) is 0 Å². The van der Waals surface area contributed by atoms with E-state index in [2.05, 4.69) is 23.8 Å². The van der Waals surface area contributed by atoms with E-state index >= 15 is 0 Å². The molecule has 2 aromatic heterocycles. The normalized spacial score (nSPS) is 14.6. The highest BCUT2D eigenvalue weighted by Gasteiger charge is 2.40. The summed E-state index contributed by atoms with van der Waals surface area (Å²) in [5.74, 6) is -4.70. The highest BCUT2D eigenvalue weighted by molar-refractivity contribution is 6.48. The van der Waals surface area contributed by atoms with Crippen LogP contribution in [0.4, 0.5) is 0 Å². The minimum absolute atomic E-state index is 0.140. The van der Waals surface area contributed by atoms with Crippen molar-refractivity contribution in [3.8, 4) is 0 Å². The van der Waals surface area contributed by atoms with Gasteiger partial charge in [0.15, 0.2) is 11.5 Å². The predicted octanol–water partition coefficient (Wildman–Crippen LogP) is 5.33. The van der Waals surface area contributed by atoms with Gasteiger partial charge in [-0.3, -0.25) is 9.59 Å². The Hall–Kier alpha value is -4.59. The Balaban J connectivity index is 1.73. The fraction of sp³-hybridized carbons (Fsp3) is 0.179. The average molecular weight is 485 g/mol. The number of carbonyl (C=O) groups excluding carboxylic acids is 2. The van der Waals surface area contributed by atoms with Crippen LogP contribution in [0.15, 0.2) is 60.0 Å². The molecule has 0 unspecified atom stereocenters. The van der Waals surface area contributed by atoms with Crippen LogP contribution in [-0.4, -0.2) is 42.8 Å². The van der Waals surface area contributed by atoms with Gasteiger partial charge in [-0.1, -0.05) is 50.2 Å². The lowest BCUT2D eigenvalue weighted by Crippen LogP contribution is -2.24. The van der Waals surface area contributed by atoms with E-state index in [1.54, 1.807) is 36.4 Å². The average Bonchev–Trinajstić information content (AvgIpc) is 3.41. The number of aliphatic hydroxyl groups excluding tert-OH is 2. The molecule has 5 rings (SSSR count). The lowest BCUT2D eigenvalue weighted by Gasteiger charge is -2.19. The third-order valence-electron chi connectivity index (χ3n) is 6.53. The molecule has 0 aliphatic heterocycles. The molecule has 0 spiro atoms. The van der Waals surface area contributed by atoms with Crippen molar-refractivity contribution in [2.24, 2.45) is 5.92 Å². The molecule has 2 heterocycles. The topological polar surface area (TPSA) is 143 Å². The van der Waals surface area contributed by atoms with Crippen molar-refractivity contribution in [3.05, 3.63) is 82.6 Å². The van der Waals surface area contributed by atoms with Crippen LogP contribution >= 0.6 is 0 Å². The highest BCUT2D eigenvalue weighted by atomic mass is 16.4. The van der Waals surface area contributed by atoms with Crippen LogP contribution in [-0.2, 0) is 16.0 Å². The van der Waals surface area contributed by atoms with Crippen molar-refractivity contribution >= 4 is 50.5 Å². The number of carbonyl (C=O) groups is 3. The van der Waals surface area contributed by atoms with Crippen LogP contribution in [0.5, 0.6) is 0 Å². The largest absolute Gasteiger partial charge is 0.504 e. The smallest absolute Gasteiger partial charge is 0.352 e. The van der Waals surface area contributed by atoms with Gasteiger partial charge in [0.1, 0.15) is 5.69 Å². The lowest BCUT2D eigenvalue weighted by molar-refractivity contribution is -0.116. The highest BCUT2D eigenvalue weighted by Crippen LogP contribution is 2.41. The van der Waals surface area contributed by atoms with Gasteiger partial charge in [0.05, 0.1) is 11.1 Å². The Labute approximate surface area is 205 Å². The molecular weight excluding hydrogens is 460 g/mol. The quantitative estimate of drug-likeness (QED) is 0.234. The summed E-state index contributed by atoms with van der Waals surface area (Å²) in [5.41, 5.74) is 0.831. The number of H-pyrrole nitrogens is 2. The molecule has 36 heavy (non-hydrogen) atoms. The molecule has 8 nitrogen and oxygen atoms in total. The molecule has 182 valence electrons. The number of ketones is 2. The van der Waals surface area contributed by atoms with Crippen molar-refractivity contribution in [3.63, 3.8) is 0 Å². The van der Waals surface area contributed by atoms with Crippen molar-refractivity contribution in [1.29, 1.82) is 0 Å². The van der Waals surface area contributed by atoms with Crippen LogP contribution in [0.2, 0.25) is 0 Å². The molecule has 1 aliphatic rings. The second kappa shape index (κ2) is 8.57. The van der Waals surface area contributed by atoms with E-state index in [0.29, 0.717) is 39.9 Å². The molecular formula is C28H24N2O6. The third kappa shape index (κ3) is 3.50. The molecule has 0 radical (unpaired) electrons. The predicted molar refractivity (Wildman–Crippen MR) is 136 cm³/mol. The van der Waals surface area contributed by atoms with Gasteiger partial charge in [-0.05, 0) is 30.9 Å².